The molecule has 1 heterocycles. The summed E-state index contributed by atoms with van der Waals surface area (Å²) in [5.41, 5.74) is 2.06. The van der Waals surface area contributed by atoms with Gasteiger partial charge in [-0.05, 0) is 35.4 Å². The van der Waals surface area contributed by atoms with Gasteiger partial charge in [-0.3, -0.25) is 4.79 Å². The number of ether oxygens (including phenoxy) is 3. The van der Waals surface area contributed by atoms with Crippen molar-refractivity contribution in [3.8, 4) is 28.4 Å². The molecule has 4 rings (SSSR count). The zero-order valence-corrected chi connectivity index (χ0v) is 17.6. The third-order valence-corrected chi connectivity index (χ3v) is 4.85. The minimum atomic E-state index is -0.462. The summed E-state index contributed by atoms with van der Waals surface area (Å²) < 4.78 is 21.4. The van der Waals surface area contributed by atoms with Crippen LogP contribution in [0.15, 0.2) is 82.0 Å². The molecule has 3 aromatic carbocycles. The van der Waals surface area contributed by atoms with E-state index in [2.05, 4.69) is 5.32 Å². The van der Waals surface area contributed by atoms with E-state index < -0.39 is 5.63 Å². The fourth-order valence-corrected chi connectivity index (χ4v) is 3.34. The predicted molar refractivity (Wildman–Crippen MR) is 122 cm³/mol. The van der Waals surface area contributed by atoms with Crippen molar-refractivity contribution in [1.29, 1.82) is 0 Å². The van der Waals surface area contributed by atoms with Gasteiger partial charge in [-0.2, -0.15) is 0 Å². The monoisotopic (exact) mass is 431 g/mol. The van der Waals surface area contributed by atoms with Gasteiger partial charge in [0.15, 0.2) is 6.61 Å². The maximum absolute atomic E-state index is 12.4. The molecule has 0 radical (unpaired) electrons. The van der Waals surface area contributed by atoms with Gasteiger partial charge in [0.25, 0.3) is 5.91 Å². The number of fused-ring (bicyclic) bond motifs is 1. The molecule has 1 aromatic heterocycles. The third-order valence-electron chi connectivity index (χ3n) is 4.85. The lowest BCUT2D eigenvalue weighted by atomic mass is 10.0. The largest absolute Gasteiger partial charge is 0.497 e. The molecule has 7 nitrogen and oxygen atoms in total. The molecule has 162 valence electrons. The van der Waals surface area contributed by atoms with Crippen molar-refractivity contribution in [3.63, 3.8) is 0 Å². The van der Waals surface area contributed by atoms with Gasteiger partial charge < -0.3 is 23.9 Å². The number of nitrogens with one attached hydrogen (secondary N) is 1. The Morgan fingerprint density at radius 3 is 2.44 bits per heavy atom. The first kappa shape index (κ1) is 21.0. The van der Waals surface area contributed by atoms with Crippen LogP contribution < -0.4 is 25.2 Å². The van der Waals surface area contributed by atoms with Gasteiger partial charge in [-0.1, -0.05) is 30.3 Å². The predicted octanol–water partition coefficient (Wildman–Crippen LogP) is 4.49. The summed E-state index contributed by atoms with van der Waals surface area (Å²) in [6.07, 6.45) is 0. The van der Waals surface area contributed by atoms with Crippen molar-refractivity contribution >= 4 is 22.6 Å². The highest BCUT2D eigenvalue weighted by Crippen LogP contribution is 2.30. The average Bonchev–Trinajstić information content (AvgIpc) is 2.82. The van der Waals surface area contributed by atoms with E-state index in [0.717, 1.165) is 16.5 Å². The van der Waals surface area contributed by atoms with E-state index in [4.69, 9.17) is 18.6 Å². The summed E-state index contributed by atoms with van der Waals surface area (Å²) >= 11 is 0. The van der Waals surface area contributed by atoms with Gasteiger partial charge in [0.2, 0.25) is 0 Å². The second kappa shape index (κ2) is 9.26. The standard InChI is InChI=1S/C25H21NO6/c1-29-17-9-11-22(30-2)21(12-17)26-24(27)15-31-18-8-10-19-20(16-6-4-3-5-7-16)14-25(28)32-23(19)13-18/h3-14H,15H2,1-2H3,(H,26,27). The highest BCUT2D eigenvalue weighted by atomic mass is 16.5. The molecule has 0 aliphatic heterocycles. The Bertz CT molecular complexity index is 1310. The van der Waals surface area contributed by atoms with Crippen molar-refractivity contribution < 1.29 is 23.4 Å². The smallest absolute Gasteiger partial charge is 0.336 e. The van der Waals surface area contributed by atoms with Crippen LogP contribution >= 0.6 is 0 Å². The maximum atomic E-state index is 12.4. The fraction of sp³-hybridized carbons (Fsp3) is 0.120. The molecule has 4 aromatic rings. The molecule has 0 saturated carbocycles. The van der Waals surface area contributed by atoms with E-state index in [9.17, 15) is 9.59 Å². The molecule has 0 atom stereocenters. The Morgan fingerprint density at radius 2 is 1.69 bits per heavy atom. The van der Waals surface area contributed by atoms with Crippen LogP contribution in [0.2, 0.25) is 0 Å². The summed E-state index contributed by atoms with van der Waals surface area (Å²) in [6, 6.07) is 21.3. The number of hydrogen-bond donors (Lipinski definition) is 1. The Balaban J connectivity index is 1.52. The number of amides is 1. The number of carbonyl (C=O) groups is 1. The number of carbonyl (C=O) groups excluding carboxylic acids is 1. The first-order chi connectivity index (χ1) is 15.6. The SMILES string of the molecule is COc1ccc(OC)c(NC(=O)COc2ccc3c(-c4ccccc4)cc(=O)oc3c2)c1. The van der Waals surface area contributed by atoms with Crippen molar-refractivity contribution in [2.24, 2.45) is 0 Å². The Morgan fingerprint density at radius 1 is 0.906 bits per heavy atom. The summed E-state index contributed by atoms with van der Waals surface area (Å²) in [7, 11) is 3.05. The Kier molecular flexibility index (Phi) is 6.07. The second-order valence-electron chi connectivity index (χ2n) is 6.91. The van der Waals surface area contributed by atoms with E-state index in [1.165, 1.54) is 20.3 Å². The number of methoxy groups -OCH3 is 2. The molecule has 0 aliphatic carbocycles. The second-order valence-corrected chi connectivity index (χ2v) is 6.91. The van der Waals surface area contributed by atoms with Crippen LogP contribution in [0.3, 0.4) is 0 Å². The van der Waals surface area contributed by atoms with Crippen molar-refractivity contribution in [2.45, 2.75) is 0 Å². The highest BCUT2D eigenvalue weighted by Gasteiger charge is 2.12. The van der Waals surface area contributed by atoms with E-state index in [1.807, 2.05) is 30.3 Å². The molecule has 7 heteroatoms. The number of rotatable bonds is 7. The summed E-state index contributed by atoms with van der Waals surface area (Å²) in [6.45, 7) is -0.242. The molecule has 0 bridgehead atoms. The van der Waals surface area contributed by atoms with E-state index in [1.54, 1.807) is 36.4 Å². The first-order valence-electron chi connectivity index (χ1n) is 9.85. The lowest BCUT2D eigenvalue weighted by Gasteiger charge is -2.12. The van der Waals surface area contributed by atoms with Gasteiger partial charge in [0.05, 0.1) is 19.9 Å². The Hall–Kier alpha value is -4.26. The summed E-state index contributed by atoms with van der Waals surface area (Å²) in [5, 5.41) is 3.51. The molecule has 0 fully saturated rings. The van der Waals surface area contributed by atoms with E-state index in [-0.39, 0.29) is 12.5 Å². The van der Waals surface area contributed by atoms with Crippen LogP contribution in [-0.2, 0) is 4.79 Å². The molecular weight excluding hydrogens is 410 g/mol. The molecule has 1 N–H and O–H groups in total. The van der Waals surface area contributed by atoms with E-state index >= 15 is 0 Å². The third kappa shape index (κ3) is 4.57. The maximum Gasteiger partial charge on any atom is 0.336 e. The zero-order chi connectivity index (χ0) is 22.5. The molecule has 0 saturated heterocycles. The highest BCUT2D eigenvalue weighted by molar-refractivity contribution is 5.95. The van der Waals surface area contributed by atoms with Gasteiger partial charge in [-0.25, -0.2) is 4.79 Å². The van der Waals surface area contributed by atoms with Crippen LogP contribution in [0.1, 0.15) is 0 Å². The topological polar surface area (TPSA) is 87.0 Å². The fourth-order valence-electron chi connectivity index (χ4n) is 3.34. The van der Waals surface area contributed by atoms with Gasteiger partial charge >= 0.3 is 5.63 Å². The van der Waals surface area contributed by atoms with Crippen molar-refractivity contribution in [3.05, 3.63) is 83.2 Å². The minimum absolute atomic E-state index is 0.242. The van der Waals surface area contributed by atoms with Gasteiger partial charge in [0, 0.05) is 23.6 Å². The molecule has 0 spiro atoms. The van der Waals surface area contributed by atoms with Gasteiger partial charge in [-0.15, -0.1) is 0 Å². The van der Waals surface area contributed by atoms with E-state index in [0.29, 0.717) is 28.5 Å². The van der Waals surface area contributed by atoms with Crippen LogP contribution in [0.5, 0.6) is 17.2 Å². The quantitative estimate of drug-likeness (QED) is 0.434. The molecule has 0 aliphatic rings. The molecular formula is C25H21NO6. The lowest BCUT2D eigenvalue weighted by Crippen LogP contribution is -2.20. The molecule has 1 amide bonds. The molecule has 0 unspecified atom stereocenters. The normalized spacial score (nSPS) is 10.6. The molecule has 32 heavy (non-hydrogen) atoms. The number of hydrogen-bond acceptors (Lipinski definition) is 6. The van der Waals surface area contributed by atoms with Crippen molar-refractivity contribution in [2.75, 3.05) is 26.1 Å². The summed E-state index contributed by atoms with van der Waals surface area (Å²) in [4.78, 5) is 24.5. The zero-order valence-electron chi connectivity index (χ0n) is 17.6. The first-order valence-corrected chi connectivity index (χ1v) is 9.85. The number of anilines is 1. The van der Waals surface area contributed by atoms with Crippen LogP contribution in [0.4, 0.5) is 5.69 Å². The average molecular weight is 431 g/mol. The Labute approximate surface area is 184 Å². The van der Waals surface area contributed by atoms with Crippen LogP contribution in [0, 0.1) is 0 Å². The minimum Gasteiger partial charge on any atom is -0.497 e. The van der Waals surface area contributed by atoms with Gasteiger partial charge in [0.1, 0.15) is 22.8 Å². The van der Waals surface area contributed by atoms with Crippen LogP contribution in [0.25, 0.3) is 22.1 Å². The lowest BCUT2D eigenvalue weighted by molar-refractivity contribution is -0.118. The van der Waals surface area contributed by atoms with Crippen molar-refractivity contribution in [1.82, 2.24) is 0 Å². The van der Waals surface area contributed by atoms with Crippen LogP contribution in [-0.4, -0.2) is 26.7 Å². The number of benzene rings is 3. The summed E-state index contributed by atoms with van der Waals surface area (Å²) in [5.74, 6) is 1.11.